The van der Waals surface area contributed by atoms with Crippen LogP contribution in [-0.2, 0) is 19.6 Å². The molecule has 3 rings (SSSR count). The van der Waals surface area contributed by atoms with E-state index in [4.69, 9.17) is 4.74 Å². The number of rotatable bonds is 5. The lowest BCUT2D eigenvalue weighted by atomic mass is 10.2. The molecule has 1 saturated heterocycles. The number of amides is 1. The summed E-state index contributed by atoms with van der Waals surface area (Å²) in [5.41, 5.74) is 0.494. The van der Waals surface area contributed by atoms with Crippen LogP contribution in [0.5, 0.6) is 5.75 Å². The van der Waals surface area contributed by atoms with Crippen LogP contribution in [0.15, 0.2) is 53.7 Å². The van der Waals surface area contributed by atoms with Crippen molar-refractivity contribution in [1.29, 1.82) is 0 Å². The minimum atomic E-state index is -3.56. The molecule has 27 heavy (non-hydrogen) atoms. The molecule has 0 aliphatic carbocycles. The van der Waals surface area contributed by atoms with E-state index in [1.54, 1.807) is 35.9 Å². The lowest BCUT2D eigenvalue weighted by Crippen LogP contribution is -2.43. The van der Waals surface area contributed by atoms with Gasteiger partial charge in [0.2, 0.25) is 22.3 Å². The fraction of sp³-hybridized carbons (Fsp3) is 0.333. The molecule has 0 unspecified atom stereocenters. The average molecular weight is 392 g/mol. The van der Waals surface area contributed by atoms with Crippen LogP contribution in [0.25, 0.3) is 0 Å². The van der Waals surface area contributed by atoms with Gasteiger partial charge in [-0.05, 0) is 30.3 Å². The van der Waals surface area contributed by atoms with Crippen molar-refractivity contribution in [2.75, 3.05) is 31.6 Å². The third kappa shape index (κ3) is 4.44. The molecule has 2 heterocycles. The van der Waals surface area contributed by atoms with E-state index in [1.165, 1.54) is 28.7 Å². The number of morpholine rings is 1. The van der Waals surface area contributed by atoms with Gasteiger partial charge in [-0.2, -0.15) is 8.87 Å². The second-order valence-corrected chi connectivity index (χ2v) is 8.15. The number of carbonyl (C=O) groups excluding carboxylic acids is 1. The minimum Gasteiger partial charge on any atom is -0.503 e. The molecule has 9 heteroatoms. The molecule has 2 N–H and O–H groups in total. The molecule has 1 aromatic carbocycles. The zero-order valence-electron chi connectivity index (χ0n) is 14.9. The van der Waals surface area contributed by atoms with E-state index in [1.807, 2.05) is 0 Å². The predicted molar refractivity (Wildman–Crippen MR) is 97.7 cm³/mol. The van der Waals surface area contributed by atoms with Crippen molar-refractivity contribution in [1.82, 2.24) is 4.31 Å². The fourth-order valence-corrected chi connectivity index (χ4v) is 4.16. The van der Waals surface area contributed by atoms with Crippen molar-refractivity contribution in [2.24, 2.45) is 0 Å². The van der Waals surface area contributed by atoms with Crippen LogP contribution < -0.4 is 9.88 Å². The normalized spacial score (nSPS) is 16.6. The van der Waals surface area contributed by atoms with E-state index in [9.17, 15) is 18.3 Å². The predicted octanol–water partition coefficient (Wildman–Crippen LogP) is 0.900. The number of pyridine rings is 1. The first-order chi connectivity index (χ1) is 12.9. The Kier molecular flexibility index (Phi) is 5.73. The molecular weight excluding hydrogens is 370 g/mol. The van der Waals surface area contributed by atoms with Crippen LogP contribution in [-0.4, -0.2) is 50.0 Å². The first-order valence-electron chi connectivity index (χ1n) is 8.56. The van der Waals surface area contributed by atoms with Crippen LogP contribution in [0.2, 0.25) is 0 Å². The van der Waals surface area contributed by atoms with E-state index in [0.717, 1.165) is 0 Å². The van der Waals surface area contributed by atoms with Crippen LogP contribution in [0, 0.1) is 0 Å². The van der Waals surface area contributed by atoms with E-state index in [-0.39, 0.29) is 16.6 Å². The maximum Gasteiger partial charge on any atom is 0.293 e. The van der Waals surface area contributed by atoms with Gasteiger partial charge in [-0.3, -0.25) is 4.79 Å². The summed E-state index contributed by atoms with van der Waals surface area (Å²) >= 11 is 0. The quantitative estimate of drug-likeness (QED) is 0.737. The van der Waals surface area contributed by atoms with Gasteiger partial charge in [0.05, 0.1) is 18.1 Å². The molecule has 0 spiro atoms. The number of nitrogens with zero attached hydrogens (tertiary/aromatic N) is 2. The summed E-state index contributed by atoms with van der Waals surface area (Å²) in [6.45, 7) is 3.14. The van der Waals surface area contributed by atoms with Crippen molar-refractivity contribution >= 4 is 21.6 Å². The molecule has 1 aliphatic heterocycles. The summed E-state index contributed by atoms with van der Waals surface area (Å²) in [7, 11) is -3.56. The summed E-state index contributed by atoms with van der Waals surface area (Å²) in [5.74, 6) is -0.218. The molecule has 2 aromatic rings. The van der Waals surface area contributed by atoms with Crippen molar-refractivity contribution in [3.05, 3.63) is 48.8 Å². The number of nitrogens with one attached hydrogen (secondary N) is 1. The Labute approximate surface area is 158 Å². The van der Waals surface area contributed by atoms with Crippen LogP contribution in [0.1, 0.15) is 13.0 Å². The number of hydrogen-bond donors (Lipinski definition) is 2. The van der Waals surface area contributed by atoms with Gasteiger partial charge in [-0.15, -0.1) is 0 Å². The number of aromatic hydroxyl groups is 1. The molecule has 1 atom stereocenters. The highest BCUT2D eigenvalue weighted by Gasteiger charge is 2.26. The molecule has 8 nitrogen and oxygen atoms in total. The topological polar surface area (TPSA) is 99.8 Å². The second-order valence-electron chi connectivity index (χ2n) is 6.22. The lowest BCUT2D eigenvalue weighted by molar-refractivity contribution is -0.705. The van der Waals surface area contributed by atoms with Crippen molar-refractivity contribution in [3.8, 4) is 5.75 Å². The van der Waals surface area contributed by atoms with Gasteiger partial charge in [0, 0.05) is 31.8 Å². The molecule has 144 valence electrons. The molecular formula is C18H22N3O5S+. The molecule has 1 amide bonds. The minimum absolute atomic E-state index is 0.0647. The van der Waals surface area contributed by atoms with Crippen molar-refractivity contribution < 1.29 is 27.6 Å². The fourth-order valence-electron chi connectivity index (χ4n) is 2.75. The summed E-state index contributed by atoms with van der Waals surface area (Å²) in [6.07, 6.45) is 3.14. The maximum atomic E-state index is 12.6. The van der Waals surface area contributed by atoms with Gasteiger partial charge in [0.1, 0.15) is 0 Å². The number of hydrogen-bond acceptors (Lipinski definition) is 5. The van der Waals surface area contributed by atoms with Crippen LogP contribution in [0.4, 0.5) is 5.69 Å². The summed E-state index contributed by atoms with van der Waals surface area (Å²) < 4.78 is 33.4. The smallest absolute Gasteiger partial charge is 0.293 e. The zero-order valence-corrected chi connectivity index (χ0v) is 15.7. The number of carbonyl (C=O) groups is 1. The van der Waals surface area contributed by atoms with Crippen LogP contribution in [0.3, 0.4) is 0 Å². The van der Waals surface area contributed by atoms with Gasteiger partial charge >= 0.3 is 0 Å². The van der Waals surface area contributed by atoms with Gasteiger partial charge in [0.15, 0.2) is 11.9 Å². The average Bonchev–Trinajstić information content (AvgIpc) is 2.68. The molecule has 1 fully saturated rings. The molecule has 0 saturated carbocycles. The van der Waals surface area contributed by atoms with Gasteiger partial charge < -0.3 is 15.2 Å². The Morgan fingerprint density at radius 1 is 1.22 bits per heavy atom. The van der Waals surface area contributed by atoms with Crippen molar-refractivity contribution in [3.63, 3.8) is 0 Å². The summed E-state index contributed by atoms with van der Waals surface area (Å²) in [4.78, 5) is 12.6. The zero-order chi connectivity index (χ0) is 19.4. The van der Waals surface area contributed by atoms with Gasteiger partial charge in [-0.25, -0.2) is 8.42 Å². The highest BCUT2D eigenvalue weighted by atomic mass is 32.2. The number of ether oxygens (including phenoxy) is 1. The summed E-state index contributed by atoms with van der Waals surface area (Å²) in [5, 5.41) is 12.3. The number of anilines is 1. The first-order valence-corrected chi connectivity index (χ1v) is 10.0. The monoisotopic (exact) mass is 392 g/mol. The maximum absolute atomic E-state index is 12.6. The Morgan fingerprint density at radius 3 is 2.52 bits per heavy atom. The van der Waals surface area contributed by atoms with Crippen molar-refractivity contribution in [2.45, 2.75) is 17.9 Å². The molecule has 0 bridgehead atoms. The van der Waals surface area contributed by atoms with E-state index in [0.29, 0.717) is 32.0 Å². The van der Waals surface area contributed by atoms with Gasteiger partial charge in [0.25, 0.3) is 5.91 Å². The number of benzene rings is 1. The standard InChI is InChI=1S/C18H21N3O5S/c1-14(20-8-2-3-16(22)13-20)18(23)19-15-4-6-17(7-5-15)27(24,25)21-9-11-26-12-10-21/h2-8,13-14H,9-12H2,1H3,(H-,19,22,23)/p+1/t14-/m1/s1. The molecule has 0 radical (unpaired) electrons. The highest BCUT2D eigenvalue weighted by molar-refractivity contribution is 7.89. The Balaban J connectivity index is 1.69. The Bertz CT molecular complexity index is 909. The SMILES string of the molecule is C[C@H](C(=O)Nc1ccc(S(=O)(=O)N2CCOCC2)cc1)[n+]1cccc(O)c1. The Morgan fingerprint density at radius 2 is 1.89 bits per heavy atom. The lowest BCUT2D eigenvalue weighted by Gasteiger charge is -2.26. The largest absolute Gasteiger partial charge is 0.503 e. The first kappa shape index (κ1) is 19.3. The van der Waals surface area contributed by atoms with E-state index in [2.05, 4.69) is 5.32 Å². The third-order valence-electron chi connectivity index (χ3n) is 4.36. The number of aromatic nitrogens is 1. The second kappa shape index (κ2) is 8.03. The Hall–Kier alpha value is -2.49. The van der Waals surface area contributed by atoms with Crippen LogP contribution >= 0.6 is 0 Å². The van der Waals surface area contributed by atoms with E-state index < -0.39 is 16.1 Å². The molecule has 1 aliphatic rings. The third-order valence-corrected chi connectivity index (χ3v) is 6.28. The highest BCUT2D eigenvalue weighted by Crippen LogP contribution is 2.20. The summed E-state index contributed by atoms with van der Waals surface area (Å²) in [6, 6.07) is 8.70. The van der Waals surface area contributed by atoms with E-state index >= 15 is 0 Å². The van der Waals surface area contributed by atoms with Gasteiger partial charge in [-0.1, -0.05) is 0 Å². The number of sulfonamides is 1. The molecule has 1 aromatic heterocycles.